The summed E-state index contributed by atoms with van der Waals surface area (Å²) in [5.41, 5.74) is 0.735. The van der Waals surface area contributed by atoms with E-state index in [-0.39, 0.29) is 16.5 Å². The maximum Gasteiger partial charge on any atom is 0.306 e. The predicted octanol–water partition coefficient (Wildman–Crippen LogP) is 3.29. The van der Waals surface area contributed by atoms with Crippen molar-refractivity contribution in [3.8, 4) is 0 Å². The number of anilines is 1. The Kier molecular flexibility index (Phi) is 5.10. The Morgan fingerprint density at radius 1 is 1.16 bits per heavy atom. The summed E-state index contributed by atoms with van der Waals surface area (Å²) < 4.78 is 1.54. The molecule has 2 heterocycles. The van der Waals surface area contributed by atoms with E-state index < -0.39 is 4.92 Å². The first-order valence-electron chi connectivity index (χ1n) is 8.27. The number of rotatable bonds is 5. The highest BCUT2D eigenvalue weighted by molar-refractivity contribution is 5.39. The van der Waals surface area contributed by atoms with Gasteiger partial charge in [0.25, 0.3) is 0 Å². The quantitative estimate of drug-likeness (QED) is 0.659. The van der Waals surface area contributed by atoms with E-state index in [0.29, 0.717) is 13.1 Å². The number of nitrogens with zero attached hydrogens (tertiary/aromatic N) is 5. The first-order valence-corrected chi connectivity index (χ1v) is 8.27. The lowest BCUT2D eigenvalue weighted by Gasteiger charge is -2.24. The molecule has 0 spiro atoms. The van der Waals surface area contributed by atoms with E-state index in [4.69, 9.17) is 4.98 Å². The number of aromatic nitrogens is 4. The zero-order valence-corrected chi connectivity index (χ0v) is 15.7. The molecule has 2 rings (SSSR count). The van der Waals surface area contributed by atoms with E-state index >= 15 is 0 Å². The molecule has 0 aliphatic heterocycles. The van der Waals surface area contributed by atoms with Crippen LogP contribution in [0.1, 0.15) is 53.1 Å². The number of hydrogen-bond donors (Lipinski definition) is 1. The minimum Gasteiger partial charge on any atom is -0.368 e. The van der Waals surface area contributed by atoms with Crippen molar-refractivity contribution in [1.29, 1.82) is 0 Å². The van der Waals surface area contributed by atoms with Crippen molar-refractivity contribution in [1.82, 2.24) is 19.7 Å². The van der Waals surface area contributed by atoms with E-state index in [2.05, 4.69) is 56.9 Å². The molecule has 25 heavy (non-hydrogen) atoms. The zero-order valence-electron chi connectivity index (χ0n) is 15.7. The molecule has 0 aromatic carbocycles. The Morgan fingerprint density at radius 3 is 2.36 bits per heavy atom. The summed E-state index contributed by atoms with van der Waals surface area (Å²) in [6.07, 6.45) is 2.67. The summed E-state index contributed by atoms with van der Waals surface area (Å²) in [4.78, 5) is 19.6. The Balaban J connectivity index is 2.13. The van der Waals surface area contributed by atoms with Crippen LogP contribution in [0.3, 0.4) is 0 Å². The van der Waals surface area contributed by atoms with E-state index in [1.807, 2.05) is 6.07 Å². The number of nitrogens with one attached hydrogen (secondary N) is 1. The molecule has 1 N–H and O–H groups in total. The molecule has 0 atom stereocenters. The fourth-order valence-corrected chi connectivity index (χ4v) is 2.13. The molecule has 0 amide bonds. The molecule has 0 radical (unpaired) electrons. The van der Waals surface area contributed by atoms with Crippen LogP contribution in [-0.4, -0.2) is 31.2 Å². The van der Waals surface area contributed by atoms with Gasteiger partial charge < -0.3 is 5.32 Å². The highest BCUT2D eigenvalue weighted by Gasteiger charge is 2.23. The summed E-state index contributed by atoms with van der Waals surface area (Å²) in [5.74, 6) is 1.55. The van der Waals surface area contributed by atoms with Gasteiger partial charge in [0.2, 0.25) is 0 Å². The van der Waals surface area contributed by atoms with Gasteiger partial charge in [-0.25, -0.2) is 9.97 Å². The van der Waals surface area contributed by atoms with Crippen LogP contribution in [0, 0.1) is 10.1 Å². The fourth-order valence-electron chi connectivity index (χ4n) is 2.13. The molecule has 0 saturated carbocycles. The second-order valence-electron chi connectivity index (χ2n) is 8.11. The first-order chi connectivity index (χ1) is 11.5. The van der Waals surface area contributed by atoms with Crippen LogP contribution >= 0.6 is 0 Å². The van der Waals surface area contributed by atoms with Gasteiger partial charge in [-0.3, -0.25) is 14.8 Å². The van der Waals surface area contributed by atoms with Crippen molar-refractivity contribution in [2.45, 2.75) is 58.9 Å². The van der Waals surface area contributed by atoms with Crippen molar-refractivity contribution in [3.63, 3.8) is 0 Å². The van der Waals surface area contributed by atoms with E-state index in [1.54, 1.807) is 4.68 Å². The summed E-state index contributed by atoms with van der Waals surface area (Å²) >= 11 is 0. The molecular weight excluding hydrogens is 320 g/mol. The second-order valence-corrected chi connectivity index (χ2v) is 8.11. The molecule has 0 bridgehead atoms. The van der Waals surface area contributed by atoms with Gasteiger partial charge in [-0.15, -0.1) is 0 Å². The zero-order chi connectivity index (χ0) is 18.8. The van der Waals surface area contributed by atoms with Crippen LogP contribution in [0.15, 0.2) is 18.5 Å². The summed E-state index contributed by atoms with van der Waals surface area (Å²) in [5, 5.41) is 18.0. The monoisotopic (exact) mass is 346 g/mol. The lowest BCUT2D eigenvalue weighted by Crippen LogP contribution is -2.23. The van der Waals surface area contributed by atoms with Gasteiger partial charge in [-0.2, -0.15) is 5.10 Å². The van der Waals surface area contributed by atoms with Gasteiger partial charge in [0.05, 0.1) is 17.2 Å². The Bertz CT molecular complexity index is 723. The Labute approximate surface area is 147 Å². The highest BCUT2D eigenvalue weighted by atomic mass is 16.6. The minimum absolute atomic E-state index is 0.00734. The van der Waals surface area contributed by atoms with Crippen LogP contribution in [0.4, 0.5) is 11.5 Å². The molecule has 0 unspecified atom stereocenters. The van der Waals surface area contributed by atoms with Crippen molar-refractivity contribution >= 4 is 11.5 Å². The average molecular weight is 346 g/mol. The van der Waals surface area contributed by atoms with E-state index in [1.165, 1.54) is 12.4 Å². The molecule has 0 saturated heterocycles. The topological polar surface area (TPSA) is 98.8 Å². The van der Waals surface area contributed by atoms with Crippen LogP contribution in [-0.2, 0) is 17.4 Å². The summed E-state index contributed by atoms with van der Waals surface area (Å²) in [6.45, 7) is 13.7. The SMILES string of the molecule is CC(C)(C)c1cc(NCCn2cc([N+](=O)[O-])cn2)nc(C(C)(C)C)n1. The van der Waals surface area contributed by atoms with Crippen molar-refractivity contribution in [2.24, 2.45) is 0 Å². The second kappa shape index (κ2) is 6.78. The summed E-state index contributed by atoms with van der Waals surface area (Å²) in [7, 11) is 0. The third-order valence-electron chi connectivity index (χ3n) is 3.64. The Hall–Kier alpha value is -2.51. The van der Waals surface area contributed by atoms with Crippen molar-refractivity contribution in [2.75, 3.05) is 11.9 Å². The van der Waals surface area contributed by atoms with Gasteiger partial charge in [0.1, 0.15) is 24.0 Å². The maximum absolute atomic E-state index is 10.7. The van der Waals surface area contributed by atoms with Gasteiger partial charge in [0.15, 0.2) is 0 Å². The average Bonchev–Trinajstić information content (AvgIpc) is 2.94. The number of hydrogen-bond acceptors (Lipinski definition) is 6. The van der Waals surface area contributed by atoms with Gasteiger partial charge in [-0.1, -0.05) is 41.5 Å². The van der Waals surface area contributed by atoms with E-state index in [0.717, 1.165) is 17.3 Å². The van der Waals surface area contributed by atoms with Crippen LogP contribution < -0.4 is 5.32 Å². The van der Waals surface area contributed by atoms with Gasteiger partial charge in [-0.05, 0) is 0 Å². The molecule has 136 valence electrons. The third kappa shape index (κ3) is 4.98. The first kappa shape index (κ1) is 18.8. The fraction of sp³-hybridized carbons (Fsp3) is 0.588. The molecule has 0 aliphatic rings. The van der Waals surface area contributed by atoms with Gasteiger partial charge >= 0.3 is 5.69 Å². The molecule has 0 aliphatic carbocycles. The largest absolute Gasteiger partial charge is 0.368 e. The Morgan fingerprint density at radius 2 is 1.84 bits per heavy atom. The molecule has 0 fully saturated rings. The minimum atomic E-state index is -0.452. The van der Waals surface area contributed by atoms with Crippen LogP contribution in [0.5, 0.6) is 0 Å². The maximum atomic E-state index is 10.7. The summed E-state index contributed by atoms with van der Waals surface area (Å²) in [6, 6.07) is 1.96. The van der Waals surface area contributed by atoms with Gasteiger partial charge in [0, 0.05) is 23.4 Å². The van der Waals surface area contributed by atoms with Crippen molar-refractivity contribution in [3.05, 3.63) is 40.1 Å². The molecule has 8 nitrogen and oxygen atoms in total. The van der Waals surface area contributed by atoms with Crippen molar-refractivity contribution < 1.29 is 4.92 Å². The lowest BCUT2D eigenvalue weighted by atomic mass is 9.90. The predicted molar refractivity (Wildman–Crippen MR) is 96.8 cm³/mol. The standard InChI is InChI=1S/C17H26N6O2/c1-16(2,3)13-9-14(21-15(20-13)17(4,5)6)18-7-8-22-11-12(10-19-22)23(24)25/h9-11H,7-8H2,1-6H3,(H,18,20,21). The molecule has 2 aromatic heterocycles. The lowest BCUT2D eigenvalue weighted by molar-refractivity contribution is -0.385. The molecule has 2 aromatic rings. The molecular formula is C17H26N6O2. The van der Waals surface area contributed by atoms with E-state index in [9.17, 15) is 10.1 Å². The number of nitro groups is 1. The normalized spacial score (nSPS) is 12.2. The highest BCUT2D eigenvalue weighted by Crippen LogP contribution is 2.26. The third-order valence-corrected chi connectivity index (χ3v) is 3.64. The van der Waals surface area contributed by atoms with Crippen LogP contribution in [0.25, 0.3) is 0 Å². The molecule has 8 heteroatoms. The van der Waals surface area contributed by atoms with Crippen LogP contribution in [0.2, 0.25) is 0 Å². The smallest absolute Gasteiger partial charge is 0.306 e.